The summed E-state index contributed by atoms with van der Waals surface area (Å²) in [6.07, 6.45) is -10.2. The Morgan fingerprint density at radius 1 is 0.818 bits per heavy atom. The average molecular weight is 698 g/mol. The first-order chi connectivity index (χ1) is 20.5. The molecule has 0 saturated carbocycles. The highest BCUT2D eigenvalue weighted by Crippen LogP contribution is 2.41. The summed E-state index contributed by atoms with van der Waals surface area (Å²) in [7, 11) is -4.15. The molecule has 0 atom stereocenters. The van der Waals surface area contributed by atoms with Crippen molar-refractivity contribution in [2.75, 3.05) is 18.4 Å². The maximum atomic E-state index is 13.1. The molecule has 1 heterocycles. The quantitative estimate of drug-likeness (QED) is 0.121. The Hall–Kier alpha value is -3.50. The van der Waals surface area contributed by atoms with Crippen molar-refractivity contribution in [3.8, 4) is 22.6 Å². The molecule has 0 spiro atoms. The summed E-state index contributed by atoms with van der Waals surface area (Å²) < 4.78 is 113. The van der Waals surface area contributed by atoms with E-state index in [1.807, 2.05) is 5.32 Å². The summed E-state index contributed by atoms with van der Waals surface area (Å²) in [6.45, 7) is -0.715. The SMILES string of the molecule is O=C(NCCNS(=O)(=O)c1sccc1-c1ccccc1Oc1ccc(Cl)cc1Cl)Nc1cc(C(F)(F)F)cc(C(F)(F)F)c1. The lowest BCUT2D eigenvalue weighted by Gasteiger charge is -2.15. The second-order valence-electron chi connectivity index (χ2n) is 8.87. The molecule has 7 nitrogen and oxygen atoms in total. The van der Waals surface area contributed by atoms with Crippen molar-refractivity contribution in [3.63, 3.8) is 0 Å². The molecule has 1 aromatic heterocycles. The molecule has 0 saturated heterocycles. The Kier molecular flexibility index (Phi) is 10.0. The molecule has 3 aromatic carbocycles. The van der Waals surface area contributed by atoms with E-state index in [4.69, 9.17) is 27.9 Å². The van der Waals surface area contributed by atoms with Crippen LogP contribution in [0, 0.1) is 0 Å². The van der Waals surface area contributed by atoms with Crippen LogP contribution >= 0.6 is 34.5 Å². The van der Waals surface area contributed by atoms with E-state index in [0.717, 1.165) is 11.3 Å². The number of carbonyl (C=O) groups is 1. The third kappa shape index (κ3) is 8.35. The fourth-order valence-corrected chi connectivity index (χ4v) is 6.69. The molecule has 3 N–H and O–H groups in total. The number of nitrogens with one attached hydrogen (secondary N) is 3. The molecule has 17 heteroatoms. The van der Waals surface area contributed by atoms with E-state index in [-0.39, 0.29) is 34.1 Å². The number of benzene rings is 3. The number of para-hydroxylation sites is 1. The highest BCUT2D eigenvalue weighted by Gasteiger charge is 2.37. The third-order valence-electron chi connectivity index (χ3n) is 5.71. The topological polar surface area (TPSA) is 96.5 Å². The van der Waals surface area contributed by atoms with Crippen LogP contribution in [0.2, 0.25) is 10.0 Å². The number of carbonyl (C=O) groups excluding carboxylic acids is 1. The van der Waals surface area contributed by atoms with Crippen LogP contribution in [0.15, 0.2) is 76.3 Å². The number of urea groups is 1. The predicted molar refractivity (Wildman–Crippen MR) is 155 cm³/mol. The highest BCUT2D eigenvalue weighted by molar-refractivity contribution is 7.91. The van der Waals surface area contributed by atoms with Crippen molar-refractivity contribution in [3.05, 3.63) is 93.3 Å². The van der Waals surface area contributed by atoms with Gasteiger partial charge in [0.25, 0.3) is 10.0 Å². The molecule has 44 heavy (non-hydrogen) atoms. The summed E-state index contributed by atoms with van der Waals surface area (Å²) in [5.74, 6) is 0.582. The Morgan fingerprint density at radius 2 is 1.48 bits per heavy atom. The smallest absolute Gasteiger partial charge is 0.416 e. The molecular formula is C27H19Cl2F6N3O4S2. The van der Waals surface area contributed by atoms with Gasteiger partial charge in [0, 0.05) is 34.9 Å². The van der Waals surface area contributed by atoms with Crippen LogP contribution in [0.1, 0.15) is 11.1 Å². The molecule has 0 aliphatic carbocycles. The number of anilines is 1. The van der Waals surface area contributed by atoms with E-state index < -0.39 is 45.2 Å². The van der Waals surface area contributed by atoms with Crippen LogP contribution in [-0.2, 0) is 22.4 Å². The van der Waals surface area contributed by atoms with E-state index in [0.29, 0.717) is 34.0 Å². The van der Waals surface area contributed by atoms with Gasteiger partial charge in [0.15, 0.2) is 0 Å². The predicted octanol–water partition coefficient (Wildman–Crippen LogP) is 8.65. The molecular weight excluding hydrogens is 679 g/mol. The van der Waals surface area contributed by atoms with E-state index in [2.05, 4.69) is 10.0 Å². The zero-order valence-corrected chi connectivity index (χ0v) is 25.0. The summed E-state index contributed by atoms with van der Waals surface area (Å²) >= 11 is 13.1. The molecule has 0 bridgehead atoms. The van der Waals surface area contributed by atoms with Crippen molar-refractivity contribution in [2.24, 2.45) is 0 Å². The summed E-state index contributed by atoms with van der Waals surface area (Å²) in [6, 6.07) is 12.3. The molecule has 2 amide bonds. The largest absolute Gasteiger partial charge is 0.455 e. The molecule has 234 valence electrons. The summed E-state index contributed by atoms with van der Waals surface area (Å²) in [4.78, 5) is 12.2. The van der Waals surface area contributed by atoms with Gasteiger partial charge in [-0.1, -0.05) is 41.4 Å². The van der Waals surface area contributed by atoms with Crippen molar-refractivity contribution < 1.29 is 44.3 Å². The number of hydrogen-bond donors (Lipinski definition) is 3. The van der Waals surface area contributed by atoms with E-state index in [9.17, 15) is 39.6 Å². The maximum absolute atomic E-state index is 13.1. The molecule has 0 aliphatic rings. The number of alkyl halides is 6. The zero-order valence-electron chi connectivity index (χ0n) is 21.8. The Morgan fingerprint density at radius 3 is 2.11 bits per heavy atom. The minimum absolute atomic E-state index is 0.0753. The van der Waals surface area contributed by atoms with Gasteiger partial charge in [-0.05, 0) is 53.9 Å². The van der Waals surface area contributed by atoms with Gasteiger partial charge in [-0.15, -0.1) is 11.3 Å². The van der Waals surface area contributed by atoms with Crippen molar-refractivity contribution in [1.82, 2.24) is 10.0 Å². The van der Waals surface area contributed by atoms with Crippen LogP contribution in [0.25, 0.3) is 11.1 Å². The summed E-state index contributed by atoms with van der Waals surface area (Å²) in [5, 5.41) is 6.26. The molecule has 4 rings (SSSR count). The van der Waals surface area contributed by atoms with Gasteiger partial charge in [0.1, 0.15) is 15.7 Å². The number of hydrogen-bond acceptors (Lipinski definition) is 5. The molecule has 0 radical (unpaired) electrons. The average Bonchev–Trinajstić information content (AvgIpc) is 3.43. The molecule has 0 aliphatic heterocycles. The van der Waals surface area contributed by atoms with Crippen molar-refractivity contribution in [2.45, 2.75) is 16.6 Å². The minimum atomic E-state index is -5.09. The number of sulfonamides is 1. The van der Waals surface area contributed by atoms with Gasteiger partial charge in [-0.3, -0.25) is 0 Å². The van der Waals surface area contributed by atoms with Gasteiger partial charge in [-0.25, -0.2) is 17.9 Å². The minimum Gasteiger partial charge on any atom is -0.455 e. The Balaban J connectivity index is 1.42. The first-order valence-corrected chi connectivity index (χ1v) is 15.3. The van der Waals surface area contributed by atoms with E-state index >= 15 is 0 Å². The van der Waals surface area contributed by atoms with Crippen LogP contribution in [0.4, 0.5) is 36.8 Å². The van der Waals surface area contributed by atoms with Crippen molar-refractivity contribution in [1.29, 1.82) is 0 Å². The number of ether oxygens (including phenoxy) is 1. The second-order valence-corrected chi connectivity index (χ2v) is 12.6. The van der Waals surface area contributed by atoms with Gasteiger partial charge >= 0.3 is 18.4 Å². The molecule has 0 fully saturated rings. The molecule has 4 aromatic rings. The Labute approximate surface area is 260 Å². The highest BCUT2D eigenvalue weighted by atomic mass is 35.5. The van der Waals surface area contributed by atoms with E-state index in [1.165, 1.54) is 6.07 Å². The summed E-state index contributed by atoms with van der Waals surface area (Å²) in [5.41, 5.74) is -3.24. The number of amides is 2. The molecule has 0 unspecified atom stereocenters. The monoisotopic (exact) mass is 697 g/mol. The number of rotatable bonds is 9. The van der Waals surface area contributed by atoms with Gasteiger partial charge in [0.2, 0.25) is 0 Å². The fourth-order valence-electron chi connectivity index (χ4n) is 3.79. The zero-order chi connectivity index (χ0) is 32.3. The van der Waals surface area contributed by atoms with Crippen molar-refractivity contribution >= 4 is 56.3 Å². The van der Waals surface area contributed by atoms with Crippen LogP contribution in [0.5, 0.6) is 11.5 Å². The van der Waals surface area contributed by atoms with Crippen LogP contribution in [-0.4, -0.2) is 27.5 Å². The standard InChI is InChI=1S/C27H19Cl2F6N3O4S2/c28-17-5-6-23(21(29)14-17)42-22-4-2-1-3-19(22)20-7-10-43-24(20)44(40,41)37-9-8-36-25(39)38-18-12-15(26(30,31)32)11-16(13-18)27(33,34)35/h1-7,10-14,37H,8-9H2,(H2,36,38,39). The lowest BCUT2D eigenvalue weighted by molar-refractivity contribution is -0.143. The van der Waals surface area contributed by atoms with Crippen LogP contribution < -0.4 is 20.1 Å². The normalized spacial score (nSPS) is 12.2. The number of halogens is 8. The lowest BCUT2D eigenvalue weighted by Crippen LogP contribution is -2.36. The first-order valence-electron chi connectivity index (χ1n) is 12.2. The van der Waals surface area contributed by atoms with Crippen LogP contribution in [0.3, 0.4) is 0 Å². The van der Waals surface area contributed by atoms with Gasteiger partial charge in [-0.2, -0.15) is 26.3 Å². The lowest BCUT2D eigenvalue weighted by atomic mass is 10.1. The maximum Gasteiger partial charge on any atom is 0.416 e. The third-order valence-corrected chi connectivity index (χ3v) is 9.19. The first kappa shape index (κ1) is 33.4. The van der Waals surface area contributed by atoms with Gasteiger partial charge in [0.05, 0.1) is 16.1 Å². The number of thiophene rings is 1. The fraction of sp³-hybridized carbons (Fsp3) is 0.148. The van der Waals surface area contributed by atoms with E-state index in [1.54, 1.807) is 47.8 Å². The second kappa shape index (κ2) is 13.2. The van der Waals surface area contributed by atoms with Gasteiger partial charge < -0.3 is 15.4 Å². The Bertz CT molecular complexity index is 1750.